The smallest absolute Gasteiger partial charge is 0.337 e. The van der Waals surface area contributed by atoms with Crippen LogP contribution in [0.4, 0.5) is 0 Å². The highest BCUT2D eigenvalue weighted by molar-refractivity contribution is 7.89. The van der Waals surface area contributed by atoms with E-state index in [9.17, 15) is 13.2 Å². The first kappa shape index (κ1) is 18.0. The van der Waals surface area contributed by atoms with E-state index in [1.54, 1.807) is 25.1 Å². The Balaban J connectivity index is 2.30. The van der Waals surface area contributed by atoms with Gasteiger partial charge in [-0.1, -0.05) is 24.3 Å². The van der Waals surface area contributed by atoms with Gasteiger partial charge in [0, 0.05) is 11.6 Å². The number of esters is 1. The largest absolute Gasteiger partial charge is 0.496 e. The van der Waals surface area contributed by atoms with E-state index in [1.807, 2.05) is 6.07 Å². The van der Waals surface area contributed by atoms with Crippen LogP contribution < -0.4 is 9.46 Å². The highest BCUT2D eigenvalue weighted by Crippen LogP contribution is 2.26. The van der Waals surface area contributed by atoms with Crippen LogP contribution in [0.5, 0.6) is 5.75 Å². The molecule has 0 saturated carbocycles. The minimum Gasteiger partial charge on any atom is -0.496 e. The standard InChI is InChI=1S/C17H19NO5S/c1-12(15-9-4-5-10-16(15)22-2)18-24(20,21)14-8-6-7-13(11-14)17(19)23-3/h4-12,18H,1-3H3/t12-/m1/s1. The van der Waals surface area contributed by atoms with E-state index >= 15 is 0 Å². The molecule has 7 heteroatoms. The van der Waals surface area contributed by atoms with E-state index in [0.29, 0.717) is 11.3 Å². The minimum atomic E-state index is -3.81. The van der Waals surface area contributed by atoms with Gasteiger partial charge in [0.05, 0.1) is 24.7 Å². The molecule has 0 aliphatic carbocycles. The summed E-state index contributed by atoms with van der Waals surface area (Å²) in [6.07, 6.45) is 0. The highest BCUT2D eigenvalue weighted by atomic mass is 32.2. The Morgan fingerprint density at radius 2 is 1.79 bits per heavy atom. The second-order valence-corrected chi connectivity index (χ2v) is 6.82. The molecule has 0 aromatic heterocycles. The number of carbonyl (C=O) groups is 1. The molecule has 1 N–H and O–H groups in total. The molecule has 0 amide bonds. The lowest BCUT2D eigenvalue weighted by molar-refractivity contribution is 0.0600. The molecule has 0 radical (unpaired) electrons. The van der Waals surface area contributed by atoms with Gasteiger partial charge in [-0.05, 0) is 31.2 Å². The normalized spacial score (nSPS) is 12.5. The first-order chi connectivity index (χ1) is 11.4. The maximum Gasteiger partial charge on any atom is 0.337 e. The first-order valence-electron chi connectivity index (χ1n) is 7.22. The van der Waals surface area contributed by atoms with E-state index in [0.717, 1.165) is 0 Å². The number of hydrogen-bond acceptors (Lipinski definition) is 5. The van der Waals surface area contributed by atoms with Crippen molar-refractivity contribution in [2.75, 3.05) is 14.2 Å². The van der Waals surface area contributed by atoms with Gasteiger partial charge in [0.25, 0.3) is 0 Å². The fourth-order valence-electron chi connectivity index (χ4n) is 2.30. The van der Waals surface area contributed by atoms with Gasteiger partial charge in [-0.15, -0.1) is 0 Å². The first-order valence-corrected chi connectivity index (χ1v) is 8.71. The van der Waals surface area contributed by atoms with Gasteiger partial charge in [-0.2, -0.15) is 0 Å². The Labute approximate surface area is 141 Å². The van der Waals surface area contributed by atoms with Crippen LogP contribution >= 0.6 is 0 Å². The summed E-state index contributed by atoms with van der Waals surface area (Å²) in [4.78, 5) is 11.6. The Morgan fingerprint density at radius 1 is 1.08 bits per heavy atom. The average Bonchev–Trinajstić information content (AvgIpc) is 2.60. The monoisotopic (exact) mass is 349 g/mol. The zero-order chi connectivity index (χ0) is 17.7. The third-order valence-corrected chi connectivity index (χ3v) is 5.04. The molecule has 2 aromatic carbocycles. The van der Waals surface area contributed by atoms with E-state index in [1.165, 1.54) is 38.5 Å². The topological polar surface area (TPSA) is 81.7 Å². The Hall–Kier alpha value is -2.38. The number of rotatable bonds is 6. The number of hydrogen-bond donors (Lipinski definition) is 1. The molecular weight excluding hydrogens is 330 g/mol. The highest BCUT2D eigenvalue weighted by Gasteiger charge is 2.21. The third kappa shape index (κ3) is 3.93. The van der Waals surface area contributed by atoms with Gasteiger partial charge in [-0.25, -0.2) is 17.9 Å². The fraction of sp³-hybridized carbons (Fsp3) is 0.235. The summed E-state index contributed by atoms with van der Waals surface area (Å²) in [6, 6.07) is 12.3. The molecular formula is C17H19NO5S. The summed E-state index contributed by atoms with van der Waals surface area (Å²) < 4.78 is 37.6. The lowest BCUT2D eigenvalue weighted by Crippen LogP contribution is -2.27. The zero-order valence-corrected chi connectivity index (χ0v) is 14.5. The molecule has 0 aliphatic rings. The maximum absolute atomic E-state index is 12.6. The summed E-state index contributed by atoms with van der Waals surface area (Å²) in [7, 11) is -1.04. The van der Waals surface area contributed by atoms with Crippen LogP contribution in [0, 0.1) is 0 Å². The quantitative estimate of drug-likeness (QED) is 0.811. The minimum absolute atomic E-state index is 0.00727. The number of sulfonamides is 1. The average molecular weight is 349 g/mol. The lowest BCUT2D eigenvalue weighted by Gasteiger charge is -2.17. The maximum atomic E-state index is 12.6. The van der Waals surface area contributed by atoms with Crippen LogP contribution in [-0.2, 0) is 14.8 Å². The molecule has 0 spiro atoms. The molecule has 6 nitrogen and oxygen atoms in total. The van der Waals surface area contributed by atoms with Crippen molar-refractivity contribution in [2.45, 2.75) is 17.9 Å². The van der Waals surface area contributed by atoms with Crippen LogP contribution in [0.15, 0.2) is 53.4 Å². The number of ether oxygens (including phenoxy) is 2. The summed E-state index contributed by atoms with van der Waals surface area (Å²) in [5.41, 5.74) is 0.887. The second kappa shape index (κ2) is 7.46. The van der Waals surface area contributed by atoms with E-state index < -0.39 is 22.0 Å². The van der Waals surface area contributed by atoms with Gasteiger partial charge >= 0.3 is 5.97 Å². The fourth-order valence-corrected chi connectivity index (χ4v) is 3.56. The van der Waals surface area contributed by atoms with Crippen molar-refractivity contribution >= 4 is 16.0 Å². The third-order valence-electron chi connectivity index (χ3n) is 3.50. The van der Waals surface area contributed by atoms with Crippen LogP contribution in [0.3, 0.4) is 0 Å². The van der Waals surface area contributed by atoms with Crippen molar-refractivity contribution in [3.63, 3.8) is 0 Å². The molecule has 2 rings (SSSR count). The Bertz CT molecular complexity index is 832. The zero-order valence-electron chi connectivity index (χ0n) is 13.6. The van der Waals surface area contributed by atoms with Crippen molar-refractivity contribution in [1.82, 2.24) is 4.72 Å². The summed E-state index contributed by atoms with van der Waals surface area (Å²) in [5.74, 6) is 0.000776. The Kier molecular flexibility index (Phi) is 5.58. The molecule has 24 heavy (non-hydrogen) atoms. The van der Waals surface area contributed by atoms with Gasteiger partial charge in [0.15, 0.2) is 0 Å². The predicted molar refractivity (Wildman–Crippen MR) is 89.5 cm³/mol. The van der Waals surface area contributed by atoms with Crippen molar-refractivity contribution in [3.05, 3.63) is 59.7 Å². The molecule has 0 heterocycles. The molecule has 0 fully saturated rings. The second-order valence-electron chi connectivity index (χ2n) is 5.10. The predicted octanol–water partition coefficient (Wildman–Crippen LogP) is 2.52. The molecule has 1 atom stereocenters. The van der Waals surface area contributed by atoms with Crippen molar-refractivity contribution in [2.24, 2.45) is 0 Å². The van der Waals surface area contributed by atoms with Crippen molar-refractivity contribution < 1.29 is 22.7 Å². The van der Waals surface area contributed by atoms with Crippen molar-refractivity contribution in [1.29, 1.82) is 0 Å². The Morgan fingerprint density at radius 3 is 2.46 bits per heavy atom. The van der Waals surface area contributed by atoms with Gasteiger partial charge in [-0.3, -0.25) is 0 Å². The van der Waals surface area contributed by atoms with Crippen LogP contribution in [0.25, 0.3) is 0 Å². The number of methoxy groups -OCH3 is 2. The number of para-hydroxylation sites is 1. The van der Waals surface area contributed by atoms with E-state index in [4.69, 9.17) is 4.74 Å². The molecule has 2 aromatic rings. The summed E-state index contributed by atoms with van der Waals surface area (Å²) in [5, 5.41) is 0. The number of nitrogens with one attached hydrogen (secondary N) is 1. The van der Waals surface area contributed by atoms with Crippen LogP contribution in [0.1, 0.15) is 28.9 Å². The van der Waals surface area contributed by atoms with Crippen LogP contribution in [-0.4, -0.2) is 28.6 Å². The van der Waals surface area contributed by atoms with Crippen LogP contribution in [0.2, 0.25) is 0 Å². The SMILES string of the molecule is COC(=O)c1cccc(S(=O)(=O)N[C@H](C)c2ccccc2OC)c1. The van der Waals surface area contributed by atoms with Gasteiger partial charge < -0.3 is 9.47 Å². The molecule has 0 saturated heterocycles. The van der Waals surface area contributed by atoms with Gasteiger partial charge in [0.1, 0.15) is 5.75 Å². The number of carbonyl (C=O) groups excluding carboxylic acids is 1. The molecule has 0 aliphatic heterocycles. The summed E-state index contributed by atoms with van der Waals surface area (Å²) in [6.45, 7) is 1.72. The molecule has 0 unspecified atom stereocenters. The van der Waals surface area contributed by atoms with E-state index in [-0.39, 0.29) is 10.5 Å². The van der Waals surface area contributed by atoms with Crippen molar-refractivity contribution in [3.8, 4) is 5.75 Å². The molecule has 0 bridgehead atoms. The van der Waals surface area contributed by atoms with E-state index in [2.05, 4.69) is 9.46 Å². The summed E-state index contributed by atoms with van der Waals surface area (Å²) >= 11 is 0. The molecule has 128 valence electrons. The van der Waals surface area contributed by atoms with Gasteiger partial charge in [0.2, 0.25) is 10.0 Å². The lowest BCUT2D eigenvalue weighted by atomic mass is 10.1. The number of benzene rings is 2.